The van der Waals surface area contributed by atoms with Gasteiger partial charge in [0.25, 0.3) is 5.69 Å². The lowest BCUT2D eigenvalue weighted by atomic mass is 9.86. The molecule has 1 aromatic carbocycles. The summed E-state index contributed by atoms with van der Waals surface area (Å²) in [5, 5.41) is 10.8. The number of benzene rings is 1. The maximum absolute atomic E-state index is 10.8. The highest BCUT2D eigenvalue weighted by Gasteiger charge is 2.28. The van der Waals surface area contributed by atoms with E-state index < -0.39 is 0 Å². The van der Waals surface area contributed by atoms with Crippen LogP contribution < -0.4 is 9.80 Å². The molecule has 2 heterocycles. The molecule has 26 heavy (non-hydrogen) atoms. The Labute approximate surface area is 154 Å². The molecule has 0 bridgehead atoms. The second kappa shape index (κ2) is 7.50. The molecular formula is C20H28N3O3+. The van der Waals surface area contributed by atoms with E-state index in [1.54, 1.807) is 17.0 Å². The number of furan rings is 1. The summed E-state index contributed by atoms with van der Waals surface area (Å²) in [5.74, 6) is 2.04. The van der Waals surface area contributed by atoms with Gasteiger partial charge in [0.2, 0.25) is 0 Å². The predicted molar refractivity (Wildman–Crippen MR) is 102 cm³/mol. The van der Waals surface area contributed by atoms with E-state index in [1.165, 1.54) is 0 Å². The molecule has 6 nitrogen and oxygen atoms in total. The molecule has 0 radical (unpaired) electrons. The van der Waals surface area contributed by atoms with Crippen molar-refractivity contribution in [2.75, 3.05) is 37.6 Å². The molecule has 1 aliphatic rings. The second-order valence-electron chi connectivity index (χ2n) is 7.80. The number of hydrogen-bond acceptors (Lipinski definition) is 4. The minimum atomic E-state index is -0.353. The second-order valence-corrected chi connectivity index (χ2v) is 7.80. The monoisotopic (exact) mass is 358 g/mol. The number of nitrogens with one attached hydrogen (secondary N) is 1. The zero-order chi connectivity index (χ0) is 18.7. The SMILES string of the molecule is Cc1ccc(C(C)(C)CC[NH+]2CCN(c3ccc([N+](=O)[O-])cc3)CC2)o1. The summed E-state index contributed by atoms with van der Waals surface area (Å²) in [6.45, 7) is 11.7. The van der Waals surface area contributed by atoms with E-state index in [1.807, 2.05) is 25.1 Å². The number of aryl methyl sites for hydroxylation is 1. The Morgan fingerprint density at radius 2 is 1.81 bits per heavy atom. The topological polar surface area (TPSA) is 64.0 Å². The lowest BCUT2D eigenvalue weighted by molar-refractivity contribution is -0.901. The number of nitro groups is 1. The summed E-state index contributed by atoms with van der Waals surface area (Å²) in [7, 11) is 0. The average Bonchev–Trinajstić information content (AvgIpc) is 3.08. The standard InChI is InChI=1S/C20H27N3O3/c1-16-4-9-19(26-16)20(2,3)10-11-21-12-14-22(15-13-21)17-5-7-18(8-6-17)23(24)25/h4-9H,10-15H2,1-3H3/p+1. The van der Waals surface area contributed by atoms with Crippen molar-refractivity contribution in [2.24, 2.45) is 0 Å². The Balaban J connectivity index is 1.50. The molecule has 1 fully saturated rings. The molecule has 140 valence electrons. The maximum Gasteiger partial charge on any atom is 0.269 e. The number of nitro benzene ring substituents is 1. The lowest BCUT2D eigenvalue weighted by Crippen LogP contribution is -3.15. The molecule has 0 spiro atoms. The van der Waals surface area contributed by atoms with Crippen molar-refractivity contribution in [1.82, 2.24) is 0 Å². The third-order valence-electron chi connectivity index (χ3n) is 5.41. The zero-order valence-corrected chi connectivity index (χ0v) is 15.8. The Hall–Kier alpha value is -2.34. The van der Waals surface area contributed by atoms with Gasteiger partial charge in [-0.25, -0.2) is 0 Å². The first-order chi connectivity index (χ1) is 12.3. The van der Waals surface area contributed by atoms with Gasteiger partial charge in [0.05, 0.1) is 37.6 Å². The van der Waals surface area contributed by atoms with Crippen molar-refractivity contribution in [3.05, 3.63) is 58.0 Å². The largest absolute Gasteiger partial charge is 0.466 e. The van der Waals surface area contributed by atoms with E-state index in [9.17, 15) is 10.1 Å². The van der Waals surface area contributed by atoms with Crippen molar-refractivity contribution in [1.29, 1.82) is 0 Å². The highest BCUT2D eigenvalue weighted by molar-refractivity contribution is 5.51. The van der Waals surface area contributed by atoms with Gasteiger partial charge in [-0.1, -0.05) is 13.8 Å². The van der Waals surface area contributed by atoms with Gasteiger partial charge in [0.1, 0.15) is 11.5 Å². The number of quaternary nitrogens is 1. The van der Waals surface area contributed by atoms with E-state index in [4.69, 9.17) is 4.42 Å². The van der Waals surface area contributed by atoms with Gasteiger partial charge in [-0.15, -0.1) is 0 Å². The van der Waals surface area contributed by atoms with Crippen molar-refractivity contribution in [3.8, 4) is 0 Å². The lowest BCUT2D eigenvalue weighted by Gasteiger charge is -2.35. The van der Waals surface area contributed by atoms with Gasteiger partial charge in [-0.05, 0) is 31.2 Å². The van der Waals surface area contributed by atoms with Crippen LogP contribution in [0.15, 0.2) is 40.8 Å². The van der Waals surface area contributed by atoms with Crippen LogP contribution in [0.1, 0.15) is 31.8 Å². The summed E-state index contributed by atoms with van der Waals surface area (Å²) >= 11 is 0. The van der Waals surface area contributed by atoms with Crippen molar-refractivity contribution < 1.29 is 14.2 Å². The summed E-state index contributed by atoms with van der Waals surface area (Å²) in [6, 6.07) is 11.0. The van der Waals surface area contributed by atoms with Crippen LogP contribution in [0.25, 0.3) is 0 Å². The van der Waals surface area contributed by atoms with Crippen LogP contribution in [0.4, 0.5) is 11.4 Å². The maximum atomic E-state index is 10.8. The zero-order valence-electron chi connectivity index (χ0n) is 15.8. The highest BCUT2D eigenvalue weighted by Crippen LogP contribution is 2.27. The molecule has 0 amide bonds. The van der Waals surface area contributed by atoms with E-state index in [2.05, 4.69) is 24.8 Å². The van der Waals surface area contributed by atoms with Crippen LogP contribution in [0.3, 0.4) is 0 Å². The number of piperazine rings is 1. The number of non-ortho nitro benzene ring substituents is 1. The van der Waals surface area contributed by atoms with Gasteiger partial charge in [-0.2, -0.15) is 0 Å². The Morgan fingerprint density at radius 3 is 2.35 bits per heavy atom. The van der Waals surface area contributed by atoms with Crippen molar-refractivity contribution in [3.63, 3.8) is 0 Å². The van der Waals surface area contributed by atoms with Crippen LogP contribution in [0, 0.1) is 17.0 Å². The first-order valence-electron chi connectivity index (χ1n) is 9.25. The molecule has 3 rings (SSSR count). The molecule has 6 heteroatoms. The molecule has 1 aromatic heterocycles. The highest BCUT2D eigenvalue weighted by atomic mass is 16.6. The first-order valence-corrected chi connectivity index (χ1v) is 9.25. The molecule has 0 aliphatic carbocycles. The summed E-state index contributed by atoms with van der Waals surface area (Å²) in [4.78, 5) is 14.3. The molecule has 1 N–H and O–H groups in total. The predicted octanol–water partition coefficient (Wildman–Crippen LogP) is 2.57. The van der Waals surface area contributed by atoms with E-state index in [-0.39, 0.29) is 16.0 Å². The third-order valence-corrected chi connectivity index (χ3v) is 5.41. The Bertz CT molecular complexity index is 744. The van der Waals surface area contributed by atoms with E-state index >= 15 is 0 Å². The molecule has 0 atom stereocenters. The molecule has 1 aliphatic heterocycles. The number of hydrogen-bond donors (Lipinski definition) is 1. The summed E-state index contributed by atoms with van der Waals surface area (Å²) < 4.78 is 5.82. The average molecular weight is 358 g/mol. The van der Waals surface area contributed by atoms with Gasteiger partial charge in [0, 0.05) is 29.7 Å². The van der Waals surface area contributed by atoms with Crippen LogP contribution in [0.5, 0.6) is 0 Å². The quantitative estimate of drug-likeness (QED) is 0.637. The molecule has 2 aromatic rings. The van der Waals surface area contributed by atoms with Crippen molar-refractivity contribution in [2.45, 2.75) is 32.6 Å². The molecule has 0 unspecified atom stereocenters. The Morgan fingerprint density at radius 1 is 1.15 bits per heavy atom. The van der Waals surface area contributed by atoms with Gasteiger partial charge >= 0.3 is 0 Å². The van der Waals surface area contributed by atoms with E-state index in [0.717, 1.165) is 56.4 Å². The summed E-state index contributed by atoms with van der Waals surface area (Å²) in [5.41, 5.74) is 1.27. The third kappa shape index (κ3) is 4.25. The summed E-state index contributed by atoms with van der Waals surface area (Å²) in [6.07, 6.45) is 1.09. The minimum Gasteiger partial charge on any atom is -0.466 e. The molecule has 0 saturated carbocycles. The number of rotatable bonds is 6. The van der Waals surface area contributed by atoms with Gasteiger partial charge in [0.15, 0.2) is 0 Å². The molecular weight excluding hydrogens is 330 g/mol. The Kier molecular flexibility index (Phi) is 5.32. The fourth-order valence-corrected chi connectivity index (χ4v) is 3.53. The van der Waals surface area contributed by atoms with Gasteiger partial charge < -0.3 is 14.2 Å². The minimum absolute atomic E-state index is 0.0523. The van der Waals surface area contributed by atoms with Crippen LogP contribution >= 0.6 is 0 Å². The van der Waals surface area contributed by atoms with Crippen LogP contribution in [-0.2, 0) is 5.41 Å². The van der Waals surface area contributed by atoms with Crippen molar-refractivity contribution >= 4 is 11.4 Å². The van der Waals surface area contributed by atoms with Crippen LogP contribution in [0.2, 0.25) is 0 Å². The smallest absolute Gasteiger partial charge is 0.269 e. The fraction of sp³-hybridized carbons (Fsp3) is 0.500. The van der Waals surface area contributed by atoms with Gasteiger partial charge in [-0.3, -0.25) is 10.1 Å². The van der Waals surface area contributed by atoms with E-state index in [0.29, 0.717) is 0 Å². The van der Waals surface area contributed by atoms with Crippen LogP contribution in [-0.4, -0.2) is 37.6 Å². The number of nitrogens with zero attached hydrogens (tertiary/aromatic N) is 2. The molecule has 1 saturated heterocycles. The number of anilines is 1. The fourth-order valence-electron chi connectivity index (χ4n) is 3.53. The normalized spacial score (nSPS) is 16.0. The first kappa shape index (κ1) is 18.5.